The molecule has 1 amide bonds. The molecule has 0 aliphatic heterocycles. The van der Waals surface area contributed by atoms with Crippen LogP contribution in [0.2, 0.25) is 0 Å². The number of hydrogen-bond acceptors (Lipinski definition) is 5. The highest BCUT2D eigenvalue weighted by Crippen LogP contribution is 2.14. The zero-order valence-corrected chi connectivity index (χ0v) is 13.3. The Morgan fingerprint density at radius 2 is 2.14 bits per heavy atom. The van der Waals surface area contributed by atoms with Crippen molar-refractivity contribution < 1.29 is 9.53 Å². The van der Waals surface area contributed by atoms with Crippen molar-refractivity contribution in [2.75, 3.05) is 5.32 Å². The third-order valence-corrected chi connectivity index (χ3v) is 2.89. The summed E-state index contributed by atoms with van der Waals surface area (Å²) in [5.74, 6) is 0.528. The van der Waals surface area contributed by atoms with E-state index in [9.17, 15) is 4.79 Å². The highest BCUT2D eigenvalue weighted by molar-refractivity contribution is 5.84. The first-order chi connectivity index (χ1) is 10.3. The van der Waals surface area contributed by atoms with E-state index in [-0.39, 0.29) is 0 Å². The predicted octanol–water partition coefficient (Wildman–Crippen LogP) is 2.08. The fourth-order valence-electron chi connectivity index (χ4n) is 1.84. The summed E-state index contributed by atoms with van der Waals surface area (Å²) in [4.78, 5) is 19.0. The predicted molar refractivity (Wildman–Crippen MR) is 82.3 cm³/mol. The van der Waals surface area contributed by atoms with Crippen LogP contribution in [0, 0.1) is 6.92 Å². The first-order valence-electron chi connectivity index (χ1n) is 7.07. The number of carbonyl (C=O) groups is 1. The van der Waals surface area contributed by atoms with Gasteiger partial charge >= 0.3 is 6.09 Å². The third-order valence-electron chi connectivity index (χ3n) is 2.89. The van der Waals surface area contributed by atoms with Crippen LogP contribution >= 0.6 is 0 Å². The monoisotopic (exact) mass is 306 g/mol. The summed E-state index contributed by atoms with van der Waals surface area (Å²) in [5.41, 5.74) is 2.30. The maximum atomic E-state index is 11.8. The lowest BCUT2D eigenvalue weighted by molar-refractivity contribution is 0.0635. The molecule has 8 nitrogen and oxygen atoms in total. The van der Waals surface area contributed by atoms with Gasteiger partial charge in [-0.3, -0.25) is 10.4 Å². The van der Waals surface area contributed by atoms with Crippen LogP contribution < -0.4 is 10.6 Å². The Balaban J connectivity index is 1.87. The molecule has 0 saturated carbocycles. The average Bonchev–Trinajstić information content (AvgIpc) is 2.98. The summed E-state index contributed by atoms with van der Waals surface area (Å²) in [5, 5.41) is 12.6. The summed E-state index contributed by atoms with van der Waals surface area (Å²) in [7, 11) is 0. The van der Waals surface area contributed by atoms with E-state index >= 15 is 0 Å². The van der Waals surface area contributed by atoms with Crippen LogP contribution in [0.1, 0.15) is 37.7 Å². The zero-order valence-electron chi connectivity index (χ0n) is 13.3. The molecule has 4 N–H and O–H groups in total. The quantitative estimate of drug-likeness (QED) is 0.676. The van der Waals surface area contributed by atoms with Gasteiger partial charge in [-0.25, -0.2) is 9.78 Å². The van der Waals surface area contributed by atoms with Crippen molar-refractivity contribution >= 4 is 11.9 Å². The van der Waals surface area contributed by atoms with Gasteiger partial charge < -0.3 is 15.0 Å². The van der Waals surface area contributed by atoms with Crippen molar-refractivity contribution in [2.24, 2.45) is 0 Å². The highest BCUT2D eigenvalue weighted by atomic mass is 16.6. The molecule has 2 aromatic rings. The molecule has 0 atom stereocenters. The van der Waals surface area contributed by atoms with Crippen LogP contribution in [-0.4, -0.2) is 31.9 Å². The summed E-state index contributed by atoms with van der Waals surface area (Å²) < 4.78 is 5.21. The number of imidazole rings is 1. The number of nitrogens with zero attached hydrogens (tertiary/aromatic N) is 2. The van der Waals surface area contributed by atoms with Gasteiger partial charge in [0.05, 0.1) is 18.2 Å². The normalized spacial score (nSPS) is 11.5. The van der Waals surface area contributed by atoms with Crippen LogP contribution in [0.3, 0.4) is 0 Å². The van der Waals surface area contributed by atoms with Crippen molar-refractivity contribution in [1.29, 1.82) is 0 Å². The molecule has 0 bridgehead atoms. The van der Waals surface area contributed by atoms with E-state index in [4.69, 9.17) is 4.74 Å². The summed E-state index contributed by atoms with van der Waals surface area (Å²) in [6.45, 7) is 8.59. The standard InChI is InChI=1S/C14H22N6O2/c1-9-11(17-8-16-9)7-15-5-10-6-18-20-12(10)19-13(21)22-14(2,3)4/h6,8,15H,5,7H2,1-4H3,(H,16,17)(H2,18,19,20,21). The number of hydrogen-bond donors (Lipinski definition) is 4. The first kappa shape index (κ1) is 16.0. The van der Waals surface area contributed by atoms with Gasteiger partial charge in [-0.15, -0.1) is 0 Å². The Morgan fingerprint density at radius 1 is 1.36 bits per heavy atom. The topological polar surface area (TPSA) is 108 Å². The van der Waals surface area contributed by atoms with Crippen molar-refractivity contribution in [2.45, 2.75) is 46.4 Å². The fourth-order valence-corrected chi connectivity index (χ4v) is 1.84. The van der Waals surface area contributed by atoms with E-state index in [2.05, 4.69) is 30.8 Å². The molecule has 8 heteroatoms. The second kappa shape index (κ2) is 6.61. The molecule has 120 valence electrons. The molecule has 0 radical (unpaired) electrons. The molecule has 0 unspecified atom stereocenters. The second-order valence-corrected chi connectivity index (χ2v) is 5.97. The maximum absolute atomic E-state index is 11.8. The van der Waals surface area contributed by atoms with E-state index in [0.29, 0.717) is 18.9 Å². The molecule has 2 aromatic heterocycles. The van der Waals surface area contributed by atoms with Gasteiger partial charge in [-0.1, -0.05) is 0 Å². The molecule has 0 spiro atoms. The number of aromatic amines is 2. The van der Waals surface area contributed by atoms with E-state index in [1.807, 2.05) is 27.7 Å². The first-order valence-corrected chi connectivity index (χ1v) is 7.07. The van der Waals surface area contributed by atoms with E-state index in [1.165, 1.54) is 0 Å². The van der Waals surface area contributed by atoms with Gasteiger partial charge in [0.1, 0.15) is 11.4 Å². The van der Waals surface area contributed by atoms with E-state index < -0.39 is 11.7 Å². The molecule has 0 fully saturated rings. The Kier molecular flexibility index (Phi) is 4.81. The number of aromatic nitrogens is 4. The smallest absolute Gasteiger partial charge is 0.413 e. The number of carbonyl (C=O) groups excluding carboxylic acids is 1. The van der Waals surface area contributed by atoms with E-state index in [1.54, 1.807) is 12.5 Å². The van der Waals surface area contributed by atoms with Crippen LogP contribution in [0.25, 0.3) is 0 Å². The summed E-state index contributed by atoms with van der Waals surface area (Å²) in [6.07, 6.45) is 2.82. The van der Waals surface area contributed by atoms with Gasteiger partial charge in [0.2, 0.25) is 0 Å². The average molecular weight is 306 g/mol. The van der Waals surface area contributed by atoms with Crippen molar-refractivity contribution in [3.05, 3.63) is 29.5 Å². The largest absolute Gasteiger partial charge is 0.444 e. The van der Waals surface area contributed by atoms with Gasteiger partial charge in [0, 0.05) is 24.3 Å². The molecule has 2 rings (SSSR count). The van der Waals surface area contributed by atoms with Crippen LogP contribution in [0.15, 0.2) is 12.5 Å². The fraction of sp³-hybridized carbons (Fsp3) is 0.500. The van der Waals surface area contributed by atoms with Crippen molar-refractivity contribution in [3.8, 4) is 0 Å². The minimum absolute atomic E-state index is 0.513. The molecular weight excluding hydrogens is 284 g/mol. The SMILES string of the molecule is Cc1[nH]cnc1CNCc1cn[nH]c1NC(=O)OC(C)(C)C. The molecule has 0 saturated heterocycles. The number of rotatable bonds is 5. The molecule has 0 aromatic carbocycles. The number of ether oxygens (including phenoxy) is 1. The zero-order chi connectivity index (χ0) is 16.2. The van der Waals surface area contributed by atoms with Crippen molar-refractivity contribution in [1.82, 2.24) is 25.5 Å². The van der Waals surface area contributed by atoms with Gasteiger partial charge in [0.25, 0.3) is 0 Å². The Labute approximate surface area is 129 Å². The number of anilines is 1. The lowest BCUT2D eigenvalue weighted by Gasteiger charge is -2.19. The third kappa shape index (κ3) is 4.59. The van der Waals surface area contributed by atoms with Crippen molar-refractivity contribution in [3.63, 3.8) is 0 Å². The lowest BCUT2D eigenvalue weighted by Crippen LogP contribution is -2.27. The van der Waals surface area contributed by atoms with Crippen LogP contribution in [0.4, 0.5) is 10.6 Å². The van der Waals surface area contributed by atoms with Crippen LogP contribution in [-0.2, 0) is 17.8 Å². The minimum Gasteiger partial charge on any atom is -0.444 e. The highest BCUT2D eigenvalue weighted by Gasteiger charge is 2.17. The Morgan fingerprint density at radius 3 is 2.77 bits per heavy atom. The maximum Gasteiger partial charge on any atom is 0.413 e. The number of nitrogens with one attached hydrogen (secondary N) is 4. The Hall–Kier alpha value is -2.35. The minimum atomic E-state index is -0.542. The van der Waals surface area contributed by atoms with E-state index in [0.717, 1.165) is 17.0 Å². The molecule has 0 aliphatic carbocycles. The molecule has 0 aliphatic rings. The second-order valence-electron chi connectivity index (χ2n) is 5.97. The molecular formula is C14H22N6O2. The van der Waals surface area contributed by atoms with Gasteiger partial charge in [-0.2, -0.15) is 5.10 Å². The molecule has 2 heterocycles. The number of H-pyrrole nitrogens is 2. The Bertz CT molecular complexity index is 625. The van der Waals surface area contributed by atoms with Crippen LogP contribution in [0.5, 0.6) is 0 Å². The van der Waals surface area contributed by atoms with Gasteiger partial charge in [0.15, 0.2) is 0 Å². The van der Waals surface area contributed by atoms with Gasteiger partial charge in [-0.05, 0) is 27.7 Å². The summed E-state index contributed by atoms with van der Waals surface area (Å²) >= 11 is 0. The molecule has 22 heavy (non-hydrogen) atoms. The number of amides is 1. The summed E-state index contributed by atoms with van der Waals surface area (Å²) in [6, 6.07) is 0. The number of aryl methyl sites for hydroxylation is 1. The lowest BCUT2D eigenvalue weighted by atomic mass is 10.2.